The highest BCUT2D eigenvalue weighted by atomic mass is 35.5. The molecule has 0 amide bonds. The first-order chi connectivity index (χ1) is 5.95. The zero-order chi connectivity index (χ0) is 10.1. The summed E-state index contributed by atoms with van der Waals surface area (Å²) >= 11 is 5.98. The molecule has 0 radical (unpaired) electrons. The maximum absolute atomic E-state index is 11.3. The monoisotopic (exact) mass is 225 g/mol. The summed E-state index contributed by atoms with van der Waals surface area (Å²) in [6.07, 6.45) is 3.66. The maximum Gasteiger partial charge on any atom is 0.211 e. The van der Waals surface area contributed by atoms with Crippen LogP contribution in [-0.2, 0) is 10.0 Å². The van der Waals surface area contributed by atoms with Gasteiger partial charge < -0.3 is 0 Å². The number of halogens is 1. The van der Waals surface area contributed by atoms with Gasteiger partial charge in [0, 0.05) is 18.0 Å². The summed E-state index contributed by atoms with van der Waals surface area (Å²) < 4.78 is 24.3. The number of rotatable bonds is 2. The van der Waals surface area contributed by atoms with E-state index in [1.807, 2.05) is 6.92 Å². The minimum absolute atomic E-state index is 0.103. The molecule has 0 unspecified atom stereocenters. The van der Waals surface area contributed by atoms with Gasteiger partial charge in [0.2, 0.25) is 10.0 Å². The van der Waals surface area contributed by atoms with Gasteiger partial charge in [0.1, 0.15) is 0 Å². The predicted molar refractivity (Wildman–Crippen MR) is 54.5 cm³/mol. The summed E-state index contributed by atoms with van der Waals surface area (Å²) in [5.41, 5.74) is 0. The molecule has 1 fully saturated rings. The molecule has 1 saturated heterocycles. The number of hydrogen-bond acceptors (Lipinski definition) is 2. The highest BCUT2D eigenvalue weighted by molar-refractivity contribution is 7.88. The molecule has 0 spiro atoms. The Labute approximate surface area is 85.1 Å². The molecule has 78 valence electrons. The van der Waals surface area contributed by atoms with Crippen molar-refractivity contribution in [2.45, 2.75) is 37.6 Å². The molecule has 0 aromatic heterocycles. The Morgan fingerprint density at radius 3 is 2.62 bits per heavy atom. The van der Waals surface area contributed by atoms with Gasteiger partial charge in [-0.2, -0.15) is 4.31 Å². The van der Waals surface area contributed by atoms with Crippen LogP contribution in [0.1, 0.15) is 26.2 Å². The van der Waals surface area contributed by atoms with Crippen molar-refractivity contribution >= 4 is 21.6 Å². The molecule has 0 saturated carbocycles. The highest BCUT2D eigenvalue weighted by Crippen LogP contribution is 2.25. The van der Waals surface area contributed by atoms with Crippen LogP contribution in [0, 0.1) is 0 Å². The Morgan fingerprint density at radius 2 is 2.15 bits per heavy atom. The molecule has 0 bridgehead atoms. The third-order valence-electron chi connectivity index (χ3n) is 2.50. The van der Waals surface area contributed by atoms with Gasteiger partial charge in [-0.25, -0.2) is 8.42 Å². The molecule has 3 nitrogen and oxygen atoms in total. The minimum atomic E-state index is -3.04. The first kappa shape index (κ1) is 11.3. The van der Waals surface area contributed by atoms with Crippen LogP contribution >= 0.6 is 11.6 Å². The van der Waals surface area contributed by atoms with Crippen LogP contribution < -0.4 is 0 Å². The SMILES string of the molecule is CC[C@H]1C[C@H](Cl)CCN1S(C)(=O)=O. The average Bonchev–Trinajstić information content (AvgIpc) is 2.01. The lowest BCUT2D eigenvalue weighted by Crippen LogP contribution is -2.45. The average molecular weight is 226 g/mol. The van der Waals surface area contributed by atoms with E-state index in [2.05, 4.69) is 0 Å². The van der Waals surface area contributed by atoms with Gasteiger partial charge >= 0.3 is 0 Å². The molecule has 0 N–H and O–H groups in total. The van der Waals surface area contributed by atoms with E-state index >= 15 is 0 Å². The van der Waals surface area contributed by atoms with E-state index in [0.29, 0.717) is 6.54 Å². The van der Waals surface area contributed by atoms with Gasteiger partial charge in [0.15, 0.2) is 0 Å². The second kappa shape index (κ2) is 4.15. The Morgan fingerprint density at radius 1 is 1.54 bits per heavy atom. The number of piperidine rings is 1. The fourth-order valence-corrected chi connectivity index (χ4v) is 3.30. The van der Waals surface area contributed by atoms with Crippen molar-refractivity contribution in [1.82, 2.24) is 4.31 Å². The van der Waals surface area contributed by atoms with Gasteiger partial charge in [-0.1, -0.05) is 6.92 Å². The quantitative estimate of drug-likeness (QED) is 0.667. The molecule has 0 aliphatic carbocycles. The Bertz CT molecular complexity index is 265. The van der Waals surface area contributed by atoms with Crippen LogP contribution in [0.5, 0.6) is 0 Å². The summed E-state index contributed by atoms with van der Waals surface area (Å²) in [6, 6.07) is 0.103. The van der Waals surface area contributed by atoms with E-state index in [9.17, 15) is 8.42 Å². The van der Waals surface area contributed by atoms with Crippen molar-refractivity contribution in [2.75, 3.05) is 12.8 Å². The Hall–Kier alpha value is 0.200. The zero-order valence-electron chi connectivity index (χ0n) is 8.03. The van der Waals surface area contributed by atoms with Crippen molar-refractivity contribution in [3.63, 3.8) is 0 Å². The molecule has 1 rings (SSSR count). The normalized spacial score (nSPS) is 31.9. The van der Waals surface area contributed by atoms with E-state index in [-0.39, 0.29) is 11.4 Å². The van der Waals surface area contributed by atoms with Crippen LogP contribution in [0.25, 0.3) is 0 Å². The minimum Gasteiger partial charge on any atom is -0.212 e. The fraction of sp³-hybridized carbons (Fsp3) is 1.00. The molecule has 0 aromatic carbocycles. The van der Waals surface area contributed by atoms with Crippen molar-refractivity contribution in [3.05, 3.63) is 0 Å². The van der Waals surface area contributed by atoms with Crippen molar-refractivity contribution in [2.24, 2.45) is 0 Å². The maximum atomic E-state index is 11.3. The molecule has 1 aliphatic rings. The van der Waals surface area contributed by atoms with Gasteiger partial charge in [0.25, 0.3) is 0 Å². The van der Waals surface area contributed by atoms with E-state index in [1.54, 1.807) is 4.31 Å². The van der Waals surface area contributed by atoms with E-state index in [0.717, 1.165) is 19.3 Å². The topological polar surface area (TPSA) is 37.4 Å². The second-order valence-electron chi connectivity index (χ2n) is 3.56. The molecule has 5 heteroatoms. The summed E-state index contributed by atoms with van der Waals surface area (Å²) in [6.45, 7) is 2.57. The Kier molecular flexibility index (Phi) is 3.60. The lowest BCUT2D eigenvalue weighted by molar-refractivity contribution is 0.251. The largest absolute Gasteiger partial charge is 0.212 e. The fourth-order valence-electron chi connectivity index (χ4n) is 1.79. The van der Waals surface area contributed by atoms with Crippen molar-refractivity contribution in [1.29, 1.82) is 0 Å². The lowest BCUT2D eigenvalue weighted by atomic mass is 10.0. The van der Waals surface area contributed by atoms with Crippen LogP contribution in [0.4, 0.5) is 0 Å². The van der Waals surface area contributed by atoms with Gasteiger partial charge in [-0.3, -0.25) is 0 Å². The Balaban J connectivity index is 2.74. The number of alkyl halides is 1. The lowest BCUT2D eigenvalue weighted by Gasteiger charge is -2.35. The second-order valence-corrected chi connectivity index (χ2v) is 6.11. The number of nitrogens with zero attached hydrogens (tertiary/aromatic N) is 1. The summed E-state index contributed by atoms with van der Waals surface area (Å²) in [7, 11) is -3.04. The van der Waals surface area contributed by atoms with Crippen LogP contribution in [0.3, 0.4) is 0 Å². The van der Waals surface area contributed by atoms with E-state index in [1.165, 1.54) is 6.26 Å². The third kappa shape index (κ3) is 2.82. The van der Waals surface area contributed by atoms with Gasteiger partial charge in [-0.15, -0.1) is 11.6 Å². The standard InChI is InChI=1S/C8H16ClNO2S/c1-3-8-6-7(9)4-5-10(8)13(2,11)12/h7-8H,3-6H2,1-2H3/t7-,8+/m1/s1. The third-order valence-corrected chi connectivity index (χ3v) is 4.22. The van der Waals surface area contributed by atoms with Crippen LogP contribution in [0.15, 0.2) is 0 Å². The highest BCUT2D eigenvalue weighted by Gasteiger charge is 2.31. The smallest absolute Gasteiger partial charge is 0.211 e. The zero-order valence-corrected chi connectivity index (χ0v) is 9.61. The van der Waals surface area contributed by atoms with E-state index < -0.39 is 10.0 Å². The summed E-state index contributed by atoms with van der Waals surface area (Å²) in [4.78, 5) is 0. The molecule has 1 aliphatic heterocycles. The summed E-state index contributed by atoms with van der Waals surface area (Å²) in [5, 5.41) is 0.142. The van der Waals surface area contributed by atoms with Crippen LogP contribution in [0.2, 0.25) is 0 Å². The molecule has 0 aromatic rings. The predicted octanol–water partition coefficient (Wildman–Crippen LogP) is 1.43. The molecule has 13 heavy (non-hydrogen) atoms. The van der Waals surface area contributed by atoms with Crippen LogP contribution in [-0.4, -0.2) is 36.9 Å². The van der Waals surface area contributed by atoms with Gasteiger partial charge in [-0.05, 0) is 19.3 Å². The summed E-state index contributed by atoms with van der Waals surface area (Å²) in [5.74, 6) is 0. The molecule has 1 heterocycles. The van der Waals surface area contributed by atoms with Crippen molar-refractivity contribution in [3.8, 4) is 0 Å². The first-order valence-corrected chi connectivity index (χ1v) is 6.84. The number of sulfonamides is 1. The van der Waals surface area contributed by atoms with Gasteiger partial charge in [0.05, 0.1) is 6.26 Å². The van der Waals surface area contributed by atoms with Crippen molar-refractivity contribution < 1.29 is 8.42 Å². The van der Waals surface area contributed by atoms with E-state index in [4.69, 9.17) is 11.6 Å². The molecular formula is C8H16ClNO2S. The number of hydrogen-bond donors (Lipinski definition) is 0. The molecule has 2 atom stereocenters. The molecular weight excluding hydrogens is 210 g/mol. The first-order valence-electron chi connectivity index (χ1n) is 4.56.